The molecule has 38 nitrogen and oxygen atoms in total. The van der Waals surface area contributed by atoms with Gasteiger partial charge >= 0.3 is 0 Å². The third kappa shape index (κ3) is 27.0. The molecular weight excluding hydrogens is 1930 g/mol. The molecule has 1 saturated heterocycles. The zero-order chi connectivity index (χ0) is 107. The number of hydrogen-bond acceptors (Lipinski definition) is 24. The van der Waals surface area contributed by atoms with Crippen molar-refractivity contribution in [3.63, 3.8) is 0 Å². The second kappa shape index (κ2) is 45.9. The zero-order valence-corrected chi connectivity index (χ0v) is 90.0. The van der Waals surface area contributed by atoms with E-state index in [2.05, 4.69) is 161 Å². The maximum atomic E-state index is 13.6. The van der Waals surface area contributed by atoms with Crippen LogP contribution in [0.2, 0.25) is 5.15 Å². The number of carbonyl (C=O) groups excluding carboxylic acids is 6. The largest absolute Gasteiger partial charge is 0.361 e. The molecule has 0 aromatic carbocycles. The molecule has 16 heterocycles. The van der Waals surface area contributed by atoms with Crippen molar-refractivity contribution in [1.82, 2.24) is 112 Å². The van der Waals surface area contributed by atoms with Gasteiger partial charge < -0.3 is 14.3 Å². The number of carbonyl (C=O) groups is 6. The highest BCUT2D eigenvalue weighted by Crippen LogP contribution is 2.45. The lowest BCUT2D eigenvalue weighted by Crippen LogP contribution is -2.38. The molecule has 0 radical (unpaired) electrons. The topological polar surface area (TPSA) is 436 Å². The van der Waals surface area contributed by atoms with E-state index in [0.717, 1.165) is 120 Å². The van der Waals surface area contributed by atoms with Gasteiger partial charge in [0, 0.05) is 99.4 Å². The maximum absolute atomic E-state index is 13.6. The first-order valence-electron chi connectivity index (χ1n) is 52.2. The number of anilines is 7. The number of aromatic nitrogens is 23. The van der Waals surface area contributed by atoms with E-state index in [9.17, 15) is 37.5 Å². The van der Waals surface area contributed by atoms with Crippen molar-refractivity contribution in [2.45, 2.75) is 296 Å². The number of fused-ring (bicyclic) bond motifs is 6. The lowest BCUT2D eigenvalue weighted by Gasteiger charge is -2.38. The second-order valence-electron chi connectivity index (χ2n) is 45.1. The molecular formula is C109H138ClF2N31O7. The SMILES string of the molecule is CC1CCN(c2ccc3nc(NC(=O)CC(C)(C)C)n(C4CCC4)c3n2)CC1.Cc1cc(-n2c(NC(=O)CC(C)(C)C)nc3ccc(C)nc32)on1.Cc1ccc2nc(NC(=O)CC(C)(C)C)n(-c3cn(C)nn3)c2n1.Cc1ccc2nc(NC(=O)CC3CC(C)(F)C3)n(-c3ccc(F)cn3)c2n1.O=C(CC1CCCCC1)Nc1nc2ccc(Cl)nc2n1C1CCC1.[C-]#[N+]c1ccc2nc(NC(=O)[C@@H](C)C(C)C)n(C3CCC3)c2n1. The minimum absolute atomic E-state index is 0.0219. The van der Waals surface area contributed by atoms with Crippen LogP contribution in [-0.4, -0.2) is 167 Å². The van der Waals surface area contributed by atoms with E-state index in [0.29, 0.717) is 160 Å². The average molecular weight is 2070 g/mol. The summed E-state index contributed by atoms with van der Waals surface area (Å²) in [5.41, 5.74) is 10.3. The number of alkyl halides is 1. The van der Waals surface area contributed by atoms with Gasteiger partial charge in [-0.05, 0) is 256 Å². The number of halogens is 3. The van der Waals surface area contributed by atoms with Gasteiger partial charge in [-0.2, -0.15) is 0 Å². The lowest BCUT2D eigenvalue weighted by molar-refractivity contribution is -0.121. The Hall–Kier alpha value is -14.5. The number of rotatable bonds is 22. The molecule has 15 aromatic rings. The summed E-state index contributed by atoms with van der Waals surface area (Å²) in [6, 6.07) is 28.0. The molecule has 6 aliphatic rings. The average Bonchev–Trinajstić information content (AvgIpc) is 1.64. The number of pyridine rings is 7. The molecule has 0 bridgehead atoms. The predicted molar refractivity (Wildman–Crippen MR) is 577 cm³/mol. The smallest absolute Gasteiger partial charge is 0.271 e. The monoisotopic (exact) mass is 2070 g/mol. The van der Waals surface area contributed by atoms with Gasteiger partial charge in [0.15, 0.2) is 34.1 Å². The Morgan fingerprint density at radius 3 is 1.32 bits per heavy atom. The van der Waals surface area contributed by atoms with E-state index in [-0.39, 0.29) is 81.8 Å². The number of amides is 6. The van der Waals surface area contributed by atoms with Crippen molar-refractivity contribution < 1.29 is 42.1 Å². The van der Waals surface area contributed by atoms with Crippen molar-refractivity contribution in [3.8, 4) is 17.5 Å². The van der Waals surface area contributed by atoms with Crippen LogP contribution in [-0.2, 0) is 35.8 Å². The van der Waals surface area contributed by atoms with E-state index in [1.807, 2.05) is 131 Å². The molecule has 150 heavy (non-hydrogen) atoms. The Morgan fingerprint density at radius 2 is 0.880 bits per heavy atom. The minimum atomic E-state index is -1.17. The van der Waals surface area contributed by atoms with Crippen molar-refractivity contribution in [3.05, 3.63) is 149 Å². The summed E-state index contributed by atoms with van der Waals surface area (Å²) in [7, 11) is 1.78. The van der Waals surface area contributed by atoms with Gasteiger partial charge in [-0.1, -0.05) is 143 Å². The van der Waals surface area contributed by atoms with E-state index < -0.39 is 11.5 Å². The highest BCUT2D eigenvalue weighted by molar-refractivity contribution is 6.29. The van der Waals surface area contributed by atoms with Crippen LogP contribution in [0.5, 0.6) is 0 Å². The predicted octanol–water partition coefficient (Wildman–Crippen LogP) is 22.8. The van der Waals surface area contributed by atoms with Crippen LogP contribution >= 0.6 is 11.6 Å². The Bertz CT molecular complexity index is 7300. The van der Waals surface area contributed by atoms with E-state index in [1.54, 1.807) is 68.9 Å². The summed E-state index contributed by atoms with van der Waals surface area (Å²) in [4.78, 5) is 139. The highest BCUT2D eigenvalue weighted by atomic mass is 35.5. The van der Waals surface area contributed by atoms with Crippen LogP contribution < -0.4 is 36.8 Å². The van der Waals surface area contributed by atoms with Gasteiger partial charge in [0.05, 0.1) is 18.1 Å². The molecule has 6 amide bonds. The summed E-state index contributed by atoms with van der Waals surface area (Å²) in [6.45, 7) is 44.9. The Labute approximate surface area is 875 Å². The highest BCUT2D eigenvalue weighted by Gasteiger charge is 2.42. The standard InChI is InChI=1S/C22H33N5O.C19H19F2N5O.C18H23ClN4O.C17H21N5O2.C17H21N5O.C16H21N7O/c1-15-10-12-26(13-11-15)18-9-8-17-20(24-18)27(16-6-5-7-16)21(23-17)25-19(28)14-22(2,3)4;1-11-3-5-14-17(23-11)26(15-6-4-13(20)10-22-15)18(24-14)25-16(27)7-12-8-19(2,21)9-12;19-15-10-9-14-17(21-15)23(13-7-4-8-13)18(20-14)22-16(24)11-12-5-2-1-3-6-12;1-10-6-7-12-15(18-10)22(14-8-11(2)21-24-14)16(19-12)20-13(23)9-17(3,4)5;1-10(2)11(3)16(23)21-17-19-13-8-9-14(18-4)20-15(13)22(17)12-6-5-7-12;1-10-6-7-11-14(17-10)23(12-9-22(5)21-20-12)15(18-11)19-13(24)8-16(2,3)4/h8-9,15-16H,5-7,10-14H2,1-4H3,(H,23,25,28);3-6,10,12H,7-9H2,1-2H3,(H,24,25,27);9-10,12-13H,1-8,11H2,(H,20,22,24);6-8H,9H2,1-5H3,(H,19,20,23);8-12H,5-7H2,1-3H3,(H,19,21,23);6-7,9H,8H2,1-5H3,(H,18,19,24)/t;;;;11-;/m....0./s1. The normalized spacial score (nSPS) is 16.9. The number of aryl methyl sites for hydroxylation is 5. The van der Waals surface area contributed by atoms with Crippen LogP contribution in [0.3, 0.4) is 0 Å². The van der Waals surface area contributed by atoms with Crippen molar-refractivity contribution in [2.75, 3.05) is 49.9 Å². The summed E-state index contributed by atoms with van der Waals surface area (Å²) in [6.07, 6.45) is 24.5. The molecule has 6 fully saturated rings. The molecule has 1 aliphatic heterocycles. The van der Waals surface area contributed by atoms with E-state index in [4.69, 9.17) is 32.7 Å². The maximum Gasteiger partial charge on any atom is 0.271 e. The van der Waals surface area contributed by atoms with Gasteiger partial charge in [-0.25, -0.2) is 82.3 Å². The second-order valence-corrected chi connectivity index (χ2v) is 45.5. The fraction of sp³-hybridized carbons (Fsp3) is 0.514. The summed E-state index contributed by atoms with van der Waals surface area (Å²) in [5, 5.41) is 30.1. The molecule has 0 spiro atoms. The molecule has 15 aromatic heterocycles. The minimum Gasteiger partial charge on any atom is -0.361 e. The number of nitrogens with zero attached hydrogens (tertiary/aromatic N) is 25. The summed E-state index contributed by atoms with van der Waals surface area (Å²) in [5.74, 6) is 6.39. The molecule has 21 rings (SSSR count). The van der Waals surface area contributed by atoms with Crippen molar-refractivity contribution in [1.29, 1.82) is 0 Å². The molecule has 1 atom stereocenters. The molecule has 5 saturated carbocycles. The van der Waals surface area contributed by atoms with Crippen LogP contribution in [0, 0.1) is 85.9 Å². The molecule has 5 aliphatic carbocycles. The number of nitrogens with one attached hydrogen (secondary N) is 6. The van der Waals surface area contributed by atoms with Gasteiger partial charge in [-0.15, -0.1) is 5.10 Å². The lowest BCUT2D eigenvalue weighted by atomic mass is 9.72. The molecule has 6 N–H and O–H groups in total. The van der Waals surface area contributed by atoms with Crippen molar-refractivity contribution >= 4 is 161 Å². The quantitative estimate of drug-likeness (QED) is 0.0271. The Balaban J connectivity index is 0.000000128. The van der Waals surface area contributed by atoms with E-state index >= 15 is 0 Å². The molecule has 792 valence electrons. The first-order valence-corrected chi connectivity index (χ1v) is 52.6. The van der Waals surface area contributed by atoms with Crippen LogP contribution in [0.4, 0.5) is 56.1 Å². The number of imidazole rings is 6. The Kier molecular flexibility index (Phi) is 33.1. The van der Waals surface area contributed by atoms with Gasteiger partial charge in [0.25, 0.3) is 11.5 Å². The third-order valence-corrected chi connectivity index (χ3v) is 27.9. The summed E-state index contributed by atoms with van der Waals surface area (Å²) < 4.78 is 45.1. The molecule has 0 unspecified atom stereocenters. The number of piperidine rings is 1. The zero-order valence-electron chi connectivity index (χ0n) is 89.3. The van der Waals surface area contributed by atoms with E-state index in [1.165, 1.54) is 76.3 Å². The first kappa shape index (κ1) is 108. The Morgan fingerprint density at radius 1 is 0.467 bits per heavy atom. The first-order chi connectivity index (χ1) is 71.3. The third-order valence-electron chi connectivity index (χ3n) is 27.7. The van der Waals surface area contributed by atoms with Crippen LogP contribution in [0.1, 0.15) is 286 Å². The van der Waals surface area contributed by atoms with Gasteiger partial charge in [-0.3, -0.25) is 79.1 Å². The van der Waals surface area contributed by atoms with Gasteiger partial charge in [0.2, 0.25) is 77.0 Å². The van der Waals surface area contributed by atoms with Crippen LogP contribution in [0.15, 0.2) is 108 Å². The fourth-order valence-electron chi connectivity index (χ4n) is 19.1. The fourth-order valence-corrected chi connectivity index (χ4v) is 19.2. The van der Waals surface area contributed by atoms with Crippen molar-refractivity contribution in [2.24, 2.45) is 52.9 Å². The van der Waals surface area contributed by atoms with Gasteiger partial charge in [0.1, 0.15) is 61.4 Å². The van der Waals surface area contributed by atoms with Crippen LogP contribution in [0.25, 0.3) is 89.3 Å². The molecule has 41 heteroatoms. The number of hydrogen-bond donors (Lipinski definition) is 6. The summed E-state index contributed by atoms with van der Waals surface area (Å²) >= 11 is 6.06.